The number of carbonyl (C=O) groups is 1. The molecule has 1 unspecified atom stereocenters. The number of ether oxygens (including phenoxy) is 1. The molecule has 2 fully saturated rings. The second kappa shape index (κ2) is 10.5. The van der Waals surface area contributed by atoms with Gasteiger partial charge in [-0.3, -0.25) is 14.7 Å². The third-order valence-electron chi connectivity index (χ3n) is 7.76. The summed E-state index contributed by atoms with van der Waals surface area (Å²) in [5.41, 5.74) is 4.06. The molecule has 1 saturated carbocycles. The third kappa shape index (κ3) is 5.11. The Balaban J connectivity index is 1.15. The highest BCUT2D eigenvalue weighted by molar-refractivity contribution is 6.07. The van der Waals surface area contributed by atoms with Crippen molar-refractivity contribution in [2.24, 2.45) is 11.8 Å². The Morgan fingerprint density at radius 3 is 2.53 bits per heavy atom. The first-order chi connectivity index (χ1) is 18.6. The van der Waals surface area contributed by atoms with Gasteiger partial charge in [-0.2, -0.15) is 0 Å². The van der Waals surface area contributed by atoms with Crippen LogP contribution in [0.3, 0.4) is 0 Å². The van der Waals surface area contributed by atoms with Crippen LogP contribution in [0.4, 0.5) is 4.39 Å². The quantitative estimate of drug-likeness (QED) is 0.357. The van der Waals surface area contributed by atoms with Gasteiger partial charge < -0.3 is 10.1 Å². The minimum Gasteiger partial charge on any atom is -0.494 e. The Kier molecular flexibility index (Phi) is 6.77. The molecule has 0 spiro atoms. The molecule has 2 aromatic carbocycles. The van der Waals surface area contributed by atoms with E-state index in [1.807, 2.05) is 61.5 Å². The molecule has 1 aliphatic heterocycles. The number of hydrogen-bond acceptors (Lipinski definition) is 5. The third-order valence-corrected chi connectivity index (χ3v) is 7.76. The lowest BCUT2D eigenvalue weighted by Crippen LogP contribution is -2.35. The summed E-state index contributed by atoms with van der Waals surface area (Å²) in [6.07, 6.45) is 3.22. The first-order valence-corrected chi connectivity index (χ1v) is 13.3. The number of carbonyl (C=O) groups excluding carboxylic acids is 1. The largest absolute Gasteiger partial charge is 0.494 e. The zero-order valence-corrected chi connectivity index (χ0v) is 21.4. The number of likely N-dealkylation sites (tertiary alicyclic amines) is 1. The van der Waals surface area contributed by atoms with Gasteiger partial charge in [-0.05, 0) is 80.1 Å². The van der Waals surface area contributed by atoms with Crippen molar-refractivity contribution in [3.63, 3.8) is 0 Å². The molecule has 1 N–H and O–H groups in total. The van der Waals surface area contributed by atoms with Gasteiger partial charge >= 0.3 is 0 Å². The molecule has 3 atom stereocenters. The maximum absolute atomic E-state index is 13.6. The number of fused-ring (bicyclic) bond motifs is 2. The second-order valence-corrected chi connectivity index (χ2v) is 10.4. The van der Waals surface area contributed by atoms with Crippen molar-refractivity contribution in [3.05, 3.63) is 90.0 Å². The highest BCUT2D eigenvalue weighted by Crippen LogP contribution is 2.39. The number of halogens is 1. The zero-order valence-electron chi connectivity index (χ0n) is 21.4. The van der Waals surface area contributed by atoms with E-state index < -0.39 is 0 Å². The van der Waals surface area contributed by atoms with Crippen molar-refractivity contribution in [2.75, 3.05) is 19.7 Å². The molecule has 4 aromatic rings. The lowest BCUT2D eigenvalue weighted by atomic mass is 10.0. The highest BCUT2D eigenvalue weighted by atomic mass is 19.1. The molecule has 2 aromatic heterocycles. The van der Waals surface area contributed by atoms with Crippen LogP contribution in [0, 0.1) is 17.7 Å². The minimum atomic E-state index is -0.306. The number of hydrogen-bond donors (Lipinski definition) is 1. The monoisotopic (exact) mass is 510 g/mol. The number of amides is 1. The predicted octanol–water partition coefficient (Wildman–Crippen LogP) is 5.48. The molecule has 1 saturated heterocycles. The molecule has 38 heavy (non-hydrogen) atoms. The fraction of sp³-hybridized carbons (Fsp3) is 0.323. The van der Waals surface area contributed by atoms with Gasteiger partial charge in [0.05, 0.1) is 35.3 Å². The number of aromatic nitrogens is 2. The van der Waals surface area contributed by atoms with Gasteiger partial charge in [0, 0.05) is 36.6 Å². The molecule has 3 heterocycles. The summed E-state index contributed by atoms with van der Waals surface area (Å²) in [6, 6.07) is 20.9. The molecule has 2 aliphatic rings. The van der Waals surface area contributed by atoms with Crippen molar-refractivity contribution in [1.82, 2.24) is 20.2 Å². The van der Waals surface area contributed by atoms with Crippen LogP contribution >= 0.6 is 0 Å². The summed E-state index contributed by atoms with van der Waals surface area (Å²) in [4.78, 5) is 25.0. The van der Waals surface area contributed by atoms with E-state index in [0.29, 0.717) is 24.0 Å². The Hall–Kier alpha value is -3.84. The second-order valence-electron chi connectivity index (χ2n) is 10.4. The first kappa shape index (κ1) is 24.5. The topological polar surface area (TPSA) is 67.3 Å². The smallest absolute Gasteiger partial charge is 0.252 e. The van der Waals surface area contributed by atoms with E-state index >= 15 is 0 Å². The lowest BCUT2D eigenvalue weighted by molar-refractivity contribution is 0.0936. The average molecular weight is 511 g/mol. The van der Waals surface area contributed by atoms with Crippen LogP contribution in [0.15, 0.2) is 72.9 Å². The fourth-order valence-electron chi connectivity index (χ4n) is 6.04. The lowest BCUT2D eigenvalue weighted by Gasteiger charge is -2.20. The van der Waals surface area contributed by atoms with Crippen LogP contribution in [-0.4, -0.2) is 46.5 Å². The van der Waals surface area contributed by atoms with Crippen LogP contribution in [0.1, 0.15) is 35.8 Å². The van der Waals surface area contributed by atoms with E-state index in [2.05, 4.69) is 15.2 Å². The van der Waals surface area contributed by atoms with E-state index in [1.165, 1.54) is 12.3 Å². The number of para-hydroxylation sites is 1. The summed E-state index contributed by atoms with van der Waals surface area (Å²) in [6.45, 7) is 5.28. The molecule has 6 rings (SSSR count). The van der Waals surface area contributed by atoms with Crippen molar-refractivity contribution >= 4 is 16.8 Å². The summed E-state index contributed by atoms with van der Waals surface area (Å²) in [7, 11) is 0. The Bertz CT molecular complexity index is 1430. The van der Waals surface area contributed by atoms with E-state index in [9.17, 15) is 9.18 Å². The number of nitrogens with zero attached hydrogens (tertiary/aromatic N) is 3. The predicted molar refractivity (Wildman–Crippen MR) is 145 cm³/mol. The van der Waals surface area contributed by atoms with Gasteiger partial charge in [0.1, 0.15) is 11.6 Å². The summed E-state index contributed by atoms with van der Waals surface area (Å²) in [5.74, 6) is 1.56. The van der Waals surface area contributed by atoms with Crippen molar-refractivity contribution in [3.8, 4) is 17.0 Å². The highest BCUT2D eigenvalue weighted by Gasteiger charge is 2.41. The first-order valence-electron chi connectivity index (χ1n) is 13.3. The number of nitrogens with one attached hydrogen (secondary N) is 1. The standard InChI is InChI=1S/C31H31FN4O2/c1-2-38-26-11-7-20(8-12-26)30-15-28(27-5-3-4-6-29(27)35-30)31(37)34-25-13-21-17-36(18-22(21)14-25)19-24-10-9-23(32)16-33-24/h3-12,15-16,21-22,25H,2,13-14,17-19H2,1H3,(H,34,37)/t21-,22+,25?. The summed E-state index contributed by atoms with van der Waals surface area (Å²) in [5, 5.41) is 4.19. The minimum absolute atomic E-state index is 0.0480. The van der Waals surface area contributed by atoms with Gasteiger partial charge in [0.15, 0.2) is 0 Å². The Labute approximate surface area is 221 Å². The van der Waals surface area contributed by atoms with E-state index in [1.54, 1.807) is 6.07 Å². The number of rotatable bonds is 7. The Morgan fingerprint density at radius 1 is 1.05 bits per heavy atom. The van der Waals surface area contributed by atoms with Crippen molar-refractivity contribution < 1.29 is 13.9 Å². The number of benzene rings is 2. The maximum Gasteiger partial charge on any atom is 0.252 e. The molecule has 0 bridgehead atoms. The average Bonchev–Trinajstić information content (AvgIpc) is 3.48. The summed E-state index contributed by atoms with van der Waals surface area (Å²) < 4.78 is 18.7. The number of pyridine rings is 2. The molecular weight excluding hydrogens is 479 g/mol. The molecule has 6 nitrogen and oxygen atoms in total. The molecule has 194 valence electrons. The summed E-state index contributed by atoms with van der Waals surface area (Å²) >= 11 is 0. The van der Waals surface area contributed by atoms with Crippen LogP contribution in [0.5, 0.6) is 5.75 Å². The van der Waals surface area contributed by atoms with E-state index in [-0.39, 0.29) is 17.8 Å². The van der Waals surface area contributed by atoms with E-state index in [4.69, 9.17) is 9.72 Å². The van der Waals surface area contributed by atoms with Gasteiger partial charge in [-0.1, -0.05) is 18.2 Å². The van der Waals surface area contributed by atoms with Gasteiger partial charge in [0.2, 0.25) is 0 Å². The van der Waals surface area contributed by atoms with Gasteiger partial charge in [-0.25, -0.2) is 9.37 Å². The zero-order chi connectivity index (χ0) is 26.1. The van der Waals surface area contributed by atoms with Crippen molar-refractivity contribution in [1.29, 1.82) is 0 Å². The SMILES string of the molecule is CCOc1ccc(-c2cc(C(=O)NC3C[C@@H]4CN(Cc5ccc(F)cn5)C[C@@H]4C3)c3ccccc3n2)cc1. The van der Waals surface area contributed by atoms with Gasteiger partial charge in [0.25, 0.3) is 5.91 Å². The molecular formula is C31H31FN4O2. The van der Waals surface area contributed by atoms with Crippen LogP contribution < -0.4 is 10.1 Å². The van der Waals surface area contributed by atoms with Crippen LogP contribution in [-0.2, 0) is 6.54 Å². The molecule has 1 aliphatic carbocycles. The van der Waals surface area contributed by atoms with Crippen molar-refractivity contribution in [2.45, 2.75) is 32.4 Å². The Morgan fingerprint density at radius 2 is 1.82 bits per heavy atom. The fourth-order valence-corrected chi connectivity index (χ4v) is 6.04. The van der Waals surface area contributed by atoms with Crippen LogP contribution in [0.25, 0.3) is 22.2 Å². The van der Waals surface area contributed by atoms with Gasteiger partial charge in [-0.15, -0.1) is 0 Å². The molecule has 7 heteroatoms. The molecule has 1 amide bonds. The maximum atomic E-state index is 13.6. The molecule has 0 radical (unpaired) electrons. The van der Waals surface area contributed by atoms with E-state index in [0.717, 1.165) is 66.1 Å². The normalized spacial score (nSPS) is 20.9. The van der Waals surface area contributed by atoms with Crippen LogP contribution in [0.2, 0.25) is 0 Å².